The minimum atomic E-state index is -0.402. The number of esters is 2. The highest BCUT2D eigenvalue weighted by molar-refractivity contribution is 5.80. The molecule has 0 spiro atoms. The molecule has 0 N–H and O–H groups in total. The standard InChI is InChI=1S/C11H18O5/c1-14-10(12)7-9(11(13)15-2)8-3-5-16-6-4-8/h8-9H,3-7H2,1-2H3/t9-/m0/s1. The number of carbonyl (C=O) groups excluding carboxylic acids is 2. The SMILES string of the molecule is COC(=O)C[C@H](C(=O)OC)C1CCOCC1. The highest BCUT2D eigenvalue weighted by Gasteiger charge is 2.32. The summed E-state index contributed by atoms with van der Waals surface area (Å²) in [6.07, 6.45) is 1.67. The van der Waals surface area contributed by atoms with Gasteiger partial charge in [0.15, 0.2) is 0 Å². The Labute approximate surface area is 95.0 Å². The van der Waals surface area contributed by atoms with Crippen LogP contribution in [0.4, 0.5) is 0 Å². The minimum absolute atomic E-state index is 0.0911. The molecule has 0 saturated carbocycles. The molecule has 92 valence electrons. The largest absolute Gasteiger partial charge is 0.469 e. The van der Waals surface area contributed by atoms with E-state index in [0.717, 1.165) is 12.8 Å². The second kappa shape index (κ2) is 6.48. The van der Waals surface area contributed by atoms with Crippen LogP contribution < -0.4 is 0 Å². The topological polar surface area (TPSA) is 61.8 Å². The fourth-order valence-corrected chi connectivity index (χ4v) is 1.97. The van der Waals surface area contributed by atoms with Crippen molar-refractivity contribution in [3.05, 3.63) is 0 Å². The van der Waals surface area contributed by atoms with Gasteiger partial charge in [-0.3, -0.25) is 9.59 Å². The fourth-order valence-electron chi connectivity index (χ4n) is 1.97. The molecular weight excluding hydrogens is 212 g/mol. The number of rotatable bonds is 4. The van der Waals surface area contributed by atoms with Crippen LogP contribution in [0.25, 0.3) is 0 Å². The van der Waals surface area contributed by atoms with E-state index in [1.54, 1.807) is 0 Å². The summed E-state index contributed by atoms with van der Waals surface area (Å²) in [7, 11) is 2.66. The Morgan fingerprint density at radius 2 is 1.88 bits per heavy atom. The lowest BCUT2D eigenvalue weighted by Gasteiger charge is -2.27. The van der Waals surface area contributed by atoms with Crippen molar-refractivity contribution < 1.29 is 23.8 Å². The van der Waals surface area contributed by atoms with E-state index in [4.69, 9.17) is 9.47 Å². The monoisotopic (exact) mass is 230 g/mol. The van der Waals surface area contributed by atoms with Gasteiger partial charge >= 0.3 is 11.9 Å². The molecule has 0 radical (unpaired) electrons. The summed E-state index contributed by atoms with van der Waals surface area (Å²) in [6.45, 7) is 1.28. The smallest absolute Gasteiger partial charge is 0.309 e. The van der Waals surface area contributed by atoms with Gasteiger partial charge in [0.05, 0.1) is 26.6 Å². The van der Waals surface area contributed by atoms with Crippen molar-refractivity contribution in [2.45, 2.75) is 19.3 Å². The molecule has 0 aromatic rings. The Morgan fingerprint density at radius 1 is 1.25 bits per heavy atom. The Hall–Kier alpha value is -1.10. The number of hydrogen-bond acceptors (Lipinski definition) is 5. The Morgan fingerprint density at radius 3 is 2.38 bits per heavy atom. The average Bonchev–Trinajstić information content (AvgIpc) is 2.35. The van der Waals surface area contributed by atoms with Crippen LogP contribution in [-0.2, 0) is 23.8 Å². The molecule has 0 aromatic heterocycles. The second-order valence-electron chi connectivity index (χ2n) is 3.86. The maximum Gasteiger partial charge on any atom is 0.309 e. The van der Waals surface area contributed by atoms with Crippen molar-refractivity contribution in [3.63, 3.8) is 0 Å². The van der Waals surface area contributed by atoms with Crippen LogP contribution >= 0.6 is 0 Å². The van der Waals surface area contributed by atoms with Crippen LogP contribution in [0.5, 0.6) is 0 Å². The van der Waals surface area contributed by atoms with Crippen LogP contribution in [-0.4, -0.2) is 39.4 Å². The third-order valence-corrected chi connectivity index (χ3v) is 2.95. The van der Waals surface area contributed by atoms with Crippen molar-refractivity contribution in [1.29, 1.82) is 0 Å². The van der Waals surface area contributed by atoms with Gasteiger partial charge in [-0.1, -0.05) is 0 Å². The first kappa shape index (κ1) is 13.0. The fraction of sp³-hybridized carbons (Fsp3) is 0.818. The second-order valence-corrected chi connectivity index (χ2v) is 3.86. The molecule has 1 aliphatic heterocycles. The normalized spacial score (nSPS) is 18.9. The quantitative estimate of drug-likeness (QED) is 0.667. The molecule has 16 heavy (non-hydrogen) atoms. The lowest BCUT2D eigenvalue weighted by atomic mass is 9.84. The van der Waals surface area contributed by atoms with Gasteiger partial charge in [0, 0.05) is 13.2 Å². The van der Waals surface area contributed by atoms with Gasteiger partial charge in [-0.15, -0.1) is 0 Å². The molecule has 5 heteroatoms. The van der Waals surface area contributed by atoms with Crippen LogP contribution in [0.15, 0.2) is 0 Å². The minimum Gasteiger partial charge on any atom is -0.469 e. The molecule has 1 aliphatic rings. The van der Waals surface area contributed by atoms with E-state index < -0.39 is 5.92 Å². The lowest BCUT2D eigenvalue weighted by Crippen LogP contribution is -2.32. The number of hydrogen-bond donors (Lipinski definition) is 0. The van der Waals surface area contributed by atoms with Gasteiger partial charge < -0.3 is 14.2 Å². The molecule has 1 rings (SSSR count). The van der Waals surface area contributed by atoms with Gasteiger partial charge in [-0.05, 0) is 18.8 Å². The van der Waals surface area contributed by atoms with Crippen LogP contribution in [0.3, 0.4) is 0 Å². The molecule has 1 atom stereocenters. The third kappa shape index (κ3) is 3.48. The highest BCUT2D eigenvalue weighted by Crippen LogP contribution is 2.27. The number of methoxy groups -OCH3 is 2. The number of carbonyl (C=O) groups is 2. The Balaban J connectivity index is 2.61. The van der Waals surface area contributed by atoms with E-state index in [2.05, 4.69) is 4.74 Å². The van der Waals surface area contributed by atoms with E-state index in [-0.39, 0.29) is 24.3 Å². The molecular formula is C11H18O5. The zero-order chi connectivity index (χ0) is 12.0. The van der Waals surface area contributed by atoms with E-state index in [9.17, 15) is 9.59 Å². The Kier molecular flexibility index (Phi) is 5.25. The van der Waals surface area contributed by atoms with Crippen molar-refractivity contribution in [2.75, 3.05) is 27.4 Å². The average molecular weight is 230 g/mol. The summed E-state index contributed by atoms with van der Waals surface area (Å²) in [6, 6.07) is 0. The maximum absolute atomic E-state index is 11.6. The van der Waals surface area contributed by atoms with E-state index in [1.807, 2.05) is 0 Å². The first-order valence-corrected chi connectivity index (χ1v) is 5.41. The molecule has 0 aliphatic carbocycles. The first-order chi connectivity index (χ1) is 7.69. The first-order valence-electron chi connectivity index (χ1n) is 5.41. The van der Waals surface area contributed by atoms with Gasteiger partial charge in [-0.2, -0.15) is 0 Å². The third-order valence-electron chi connectivity index (χ3n) is 2.95. The molecule has 5 nitrogen and oxygen atoms in total. The molecule has 1 saturated heterocycles. The summed E-state index contributed by atoms with van der Waals surface area (Å²) in [4.78, 5) is 22.8. The molecule has 1 fully saturated rings. The Bertz CT molecular complexity index is 245. The van der Waals surface area contributed by atoms with Gasteiger partial charge in [-0.25, -0.2) is 0 Å². The number of ether oxygens (including phenoxy) is 3. The van der Waals surface area contributed by atoms with Gasteiger partial charge in [0.25, 0.3) is 0 Å². The summed E-state index contributed by atoms with van der Waals surface area (Å²) in [5.41, 5.74) is 0. The zero-order valence-electron chi connectivity index (χ0n) is 9.73. The maximum atomic E-state index is 11.6. The van der Waals surface area contributed by atoms with E-state index >= 15 is 0 Å². The molecule has 0 amide bonds. The molecule has 1 heterocycles. The van der Waals surface area contributed by atoms with E-state index in [1.165, 1.54) is 14.2 Å². The van der Waals surface area contributed by atoms with Gasteiger partial charge in [0.1, 0.15) is 0 Å². The van der Waals surface area contributed by atoms with Gasteiger partial charge in [0.2, 0.25) is 0 Å². The summed E-state index contributed by atoms with van der Waals surface area (Å²) in [5.74, 6) is -0.958. The lowest BCUT2D eigenvalue weighted by molar-refractivity contribution is -0.155. The van der Waals surface area contributed by atoms with Crippen molar-refractivity contribution >= 4 is 11.9 Å². The van der Waals surface area contributed by atoms with Crippen LogP contribution in [0.2, 0.25) is 0 Å². The van der Waals surface area contributed by atoms with Crippen molar-refractivity contribution in [3.8, 4) is 0 Å². The summed E-state index contributed by atoms with van der Waals surface area (Å²) >= 11 is 0. The molecule has 0 aromatic carbocycles. The molecule has 0 unspecified atom stereocenters. The predicted molar refractivity (Wildman–Crippen MR) is 55.7 cm³/mol. The molecule has 0 bridgehead atoms. The zero-order valence-corrected chi connectivity index (χ0v) is 9.73. The summed E-state index contributed by atoms with van der Waals surface area (Å²) < 4.78 is 14.5. The highest BCUT2D eigenvalue weighted by atomic mass is 16.5. The van der Waals surface area contributed by atoms with Crippen molar-refractivity contribution in [2.24, 2.45) is 11.8 Å². The summed E-state index contributed by atoms with van der Waals surface area (Å²) in [5, 5.41) is 0. The van der Waals surface area contributed by atoms with E-state index in [0.29, 0.717) is 13.2 Å². The van der Waals surface area contributed by atoms with Crippen LogP contribution in [0, 0.1) is 11.8 Å². The predicted octanol–water partition coefficient (Wildman–Crippen LogP) is 0.765. The van der Waals surface area contributed by atoms with Crippen molar-refractivity contribution in [1.82, 2.24) is 0 Å². The van der Waals surface area contributed by atoms with Crippen LogP contribution in [0.1, 0.15) is 19.3 Å².